The van der Waals surface area contributed by atoms with Crippen LogP contribution in [0.2, 0.25) is 5.02 Å². The number of rotatable bonds is 5. The number of hydrogen-bond acceptors (Lipinski definition) is 2. The van der Waals surface area contributed by atoms with Crippen molar-refractivity contribution in [2.24, 2.45) is 0 Å². The van der Waals surface area contributed by atoms with Crippen LogP contribution in [0, 0.1) is 5.82 Å². The number of amides is 1. The zero-order chi connectivity index (χ0) is 16.1. The van der Waals surface area contributed by atoms with E-state index in [0.717, 1.165) is 5.56 Å². The summed E-state index contributed by atoms with van der Waals surface area (Å²) in [7, 11) is 3.83. The SMILES string of the molecule is CN(C)C(CNC(=O)c1cccc(Cl)c1)c1ccc(F)cc1. The van der Waals surface area contributed by atoms with E-state index in [0.29, 0.717) is 17.1 Å². The summed E-state index contributed by atoms with van der Waals surface area (Å²) in [5.41, 5.74) is 1.46. The lowest BCUT2D eigenvalue weighted by atomic mass is 10.1. The van der Waals surface area contributed by atoms with E-state index in [1.807, 2.05) is 19.0 Å². The highest BCUT2D eigenvalue weighted by Gasteiger charge is 2.16. The predicted molar refractivity (Wildman–Crippen MR) is 86.6 cm³/mol. The van der Waals surface area contributed by atoms with Gasteiger partial charge in [0.15, 0.2) is 0 Å². The molecule has 0 fully saturated rings. The van der Waals surface area contributed by atoms with Gasteiger partial charge in [-0.3, -0.25) is 4.79 Å². The van der Waals surface area contributed by atoms with Crippen molar-refractivity contribution < 1.29 is 9.18 Å². The molecule has 0 aliphatic carbocycles. The minimum absolute atomic E-state index is 0.0382. The van der Waals surface area contributed by atoms with Crippen molar-refractivity contribution in [3.63, 3.8) is 0 Å². The average Bonchev–Trinajstić information content (AvgIpc) is 2.48. The summed E-state index contributed by atoms with van der Waals surface area (Å²) >= 11 is 5.89. The second kappa shape index (κ2) is 7.38. The molecule has 2 aromatic rings. The van der Waals surface area contributed by atoms with E-state index >= 15 is 0 Å². The van der Waals surface area contributed by atoms with Crippen LogP contribution in [0.3, 0.4) is 0 Å². The summed E-state index contributed by atoms with van der Waals surface area (Å²) in [5, 5.41) is 3.41. The quantitative estimate of drug-likeness (QED) is 0.914. The summed E-state index contributed by atoms with van der Waals surface area (Å²) in [6.45, 7) is 0.421. The topological polar surface area (TPSA) is 32.3 Å². The second-order valence-corrected chi connectivity index (χ2v) is 5.69. The number of benzene rings is 2. The van der Waals surface area contributed by atoms with E-state index in [4.69, 9.17) is 11.6 Å². The molecule has 1 atom stereocenters. The molecule has 3 nitrogen and oxygen atoms in total. The van der Waals surface area contributed by atoms with E-state index in [9.17, 15) is 9.18 Å². The first-order chi connectivity index (χ1) is 10.5. The van der Waals surface area contributed by atoms with E-state index in [2.05, 4.69) is 5.32 Å². The summed E-state index contributed by atoms with van der Waals surface area (Å²) in [4.78, 5) is 14.1. The Morgan fingerprint density at radius 2 is 1.91 bits per heavy atom. The van der Waals surface area contributed by atoms with Crippen LogP contribution in [0.15, 0.2) is 48.5 Å². The van der Waals surface area contributed by atoms with Gasteiger partial charge in [-0.25, -0.2) is 4.39 Å². The molecule has 1 N–H and O–H groups in total. The Balaban J connectivity index is 2.06. The highest BCUT2D eigenvalue weighted by molar-refractivity contribution is 6.30. The normalized spacial score (nSPS) is 12.2. The largest absolute Gasteiger partial charge is 0.350 e. The molecule has 0 saturated carbocycles. The van der Waals surface area contributed by atoms with Crippen LogP contribution >= 0.6 is 11.6 Å². The first kappa shape index (κ1) is 16.5. The lowest BCUT2D eigenvalue weighted by molar-refractivity contribution is 0.0942. The molecule has 0 aliphatic heterocycles. The third kappa shape index (κ3) is 4.29. The van der Waals surface area contributed by atoms with E-state index in [1.165, 1.54) is 12.1 Å². The standard InChI is InChI=1S/C17H18ClFN2O/c1-21(2)16(12-6-8-15(19)9-7-12)11-20-17(22)13-4-3-5-14(18)10-13/h3-10,16H,11H2,1-2H3,(H,20,22). The Labute approximate surface area is 134 Å². The molecule has 0 bridgehead atoms. The molecule has 1 amide bonds. The van der Waals surface area contributed by atoms with Crippen molar-refractivity contribution in [1.82, 2.24) is 10.2 Å². The third-order valence-electron chi connectivity index (χ3n) is 3.42. The lowest BCUT2D eigenvalue weighted by Gasteiger charge is -2.25. The summed E-state index contributed by atoms with van der Waals surface area (Å²) in [6.07, 6.45) is 0. The van der Waals surface area contributed by atoms with Crippen LogP contribution < -0.4 is 5.32 Å². The van der Waals surface area contributed by atoms with Gasteiger partial charge in [0.2, 0.25) is 0 Å². The van der Waals surface area contributed by atoms with Gasteiger partial charge in [0.05, 0.1) is 6.04 Å². The maximum Gasteiger partial charge on any atom is 0.251 e. The van der Waals surface area contributed by atoms with Crippen molar-refractivity contribution in [1.29, 1.82) is 0 Å². The van der Waals surface area contributed by atoms with Gasteiger partial charge in [-0.2, -0.15) is 0 Å². The van der Waals surface area contributed by atoms with E-state index < -0.39 is 0 Å². The highest BCUT2D eigenvalue weighted by Crippen LogP contribution is 2.18. The highest BCUT2D eigenvalue weighted by atomic mass is 35.5. The first-order valence-corrected chi connectivity index (χ1v) is 7.31. The van der Waals surface area contributed by atoms with Crippen molar-refractivity contribution in [3.05, 3.63) is 70.5 Å². The average molecular weight is 321 g/mol. The Morgan fingerprint density at radius 3 is 2.50 bits per heavy atom. The van der Waals surface area contributed by atoms with Crippen molar-refractivity contribution in [2.75, 3.05) is 20.6 Å². The van der Waals surface area contributed by atoms with Crippen LogP contribution in [0.1, 0.15) is 22.0 Å². The molecular formula is C17H18ClFN2O. The molecule has 2 aromatic carbocycles. The van der Waals surface area contributed by atoms with Gasteiger partial charge >= 0.3 is 0 Å². The molecule has 2 rings (SSSR count). The van der Waals surface area contributed by atoms with Gasteiger partial charge in [0.1, 0.15) is 5.82 Å². The van der Waals surface area contributed by atoms with E-state index in [1.54, 1.807) is 36.4 Å². The zero-order valence-corrected chi connectivity index (χ0v) is 13.3. The lowest BCUT2D eigenvalue weighted by Crippen LogP contribution is -2.34. The molecule has 0 aliphatic rings. The van der Waals surface area contributed by atoms with Crippen LogP contribution in [0.25, 0.3) is 0 Å². The Hall–Kier alpha value is -1.91. The van der Waals surface area contributed by atoms with Crippen LogP contribution in [0.4, 0.5) is 4.39 Å². The Morgan fingerprint density at radius 1 is 1.23 bits per heavy atom. The number of nitrogens with one attached hydrogen (secondary N) is 1. The molecular weight excluding hydrogens is 303 g/mol. The first-order valence-electron chi connectivity index (χ1n) is 6.93. The maximum absolute atomic E-state index is 13.0. The maximum atomic E-state index is 13.0. The molecule has 0 saturated heterocycles. The summed E-state index contributed by atoms with van der Waals surface area (Å²) in [6, 6.07) is 13.1. The monoisotopic (exact) mass is 320 g/mol. The number of nitrogens with zero attached hydrogens (tertiary/aromatic N) is 1. The summed E-state index contributed by atoms with van der Waals surface area (Å²) in [5.74, 6) is -0.458. The van der Waals surface area contributed by atoms with Gasteiger partial charge in [-0.15, -0.1) is 0 Å². The number of carbonyl (C=O) groups excluding carboxylic acids is 1. The molecule has 22 heavy (non-hydrogen) atoms. The minimum Gasteiger partial charge on any atom is -0.350 e. The Kier molecular flexibility index (Phi) is 5.52. The fourth-order valence-electron chi connectivity index (χ4n) is 2.20. The number of halogens is 2. The summed E-state index contributed by atoms with van der Waals surface area (Å²) < 4.78 is 13.0. The molecule has 0 heterocycles. The third-order valence-corrected chi connectivity index (χ3v) is 3.66. The fraction of sp³-hybridized carbons (Fsp3) is 0.235. The number of carbonyl (C=O) groups is 1. The van der Waals surface area contributed by atoms with Crippen LogP contribution in [-0.2, 0) is 0 Å². The van der Waals surface area contributed by atoms with Crippen LogP contribution in [0.5, 0.6) is 0 Å². The molecule has 5 heteroatoms. The van der Waals surface area contributed by atoms with Gasteiger partial charge in [-0.1, -0.05) is 29.8 Å². The van der Waals surface area contributed by atoms with Crippen molar-refractivity contribution >= 4 is 17.5 Å². The molecule has 0 aromatic heterocycles. The zero-order valence-electron chi connectivity index (χ0n) is 12.5. The fourth-order valence-corrected chi connectivity index (χ4v) is 2.39. The molecule has 0 radical (unpaired) electrons. The van der Waals surface area contributed by atoms with Crippen molar-refractivity contribution in [3.8, 4) is 0 Å². The van der Waals surface area contributed by atoms with Gasteiger partial charge in [0, 0.05) is 17.1 Å². The van der Waals surface area contributed by atoms with Gasteiger partial charge in [-0.05, 0) is 50.0 Å². The smallest absolute Gasteiger partial charge is 0.251 e. The second-order valence-electron chi connectivity index (χ2n) is 5.25. The Bertz CT molecular complexity index is 643. The van der Waals surface area contributed by atoms with E-state index in [-0.39, 0.29) is 17.8 Å². The molecule has 0 spiro atoms. The van der Waals surface area contributed by atoms with Crippen LogP contribution in [-0.4, -0.2) is 31.4 Å². The van der Waals surface area contributed by atoms with Crippen molar-refractivity contribution in [2.45, 2.75) is 6.04 Å². The predicted octanol–water partition coefficient (Wildman–Crippen LogP) is 3.51. The van der Waals surface area contributed by atoms with Gasteiger partial charge < -0.3 is 10.2 Å². The number of likely N-dealkylation sites (N-methyl/N-ethyl adjacent to an activating group) is 1. The van der Waals surface area contributed by atoms with Gasteiger partial charge in [0.25, 0.3) is 5.91 Å². The minimum atomic E-state index is -0.274. The molecule has 116 valence electrons. The molecule has 1 unspecified atom stereocenters. The number of hydrogen-bond donors (Lipinski definition) is 1.